The number of hydrogen-bond donors (Lipinski definition) is 0. The maximum absolute atomic E-state index is 12.9. The quantitative estimate of drug-likeness (QED) is 0.690. The molecule has 0 fully saturated rings. The Morgan fingerprint density at radius 2 is 1.53 bits per heavy atom. The number of ether oxygens (including phenoxy) is 1. The van der Waals surface area contributed by atoms with E-state index in [1.807, 2.05) is 0 Å². The molecule has 0 spiro atoms. The first-order valence-electron chi connectivity index (χ1n) is 3.83. The predicted octanol–water partition coefficient (Wildman–Crippen LogP) is 4.51. The van der Waals surface area contributed by atoms with Crippen LogP contribution in [0.1, 0.15) is 5.56 Å². The molecule has 1 rings (SSSR count). The highest BCUT2D eigenvalue weighted by molar-refractivity contribution is 9.10. The molecule has 0 heterocycles. The summed E-state index contributed by atoms with van der Waals surface area (Å²) in [5.74, 6) is -3.10. The van der Waals surface area contributed by atoms with Gasteiger partial charge in [0.1, 0.15) is 0 Å². The number of rotatable bonds is 1. The second-order valence-corrected chi connectivity index (χ2v) is 3.58. The maximum atomic E-state index is 12.9. The summed E-state index contributed by atoms with van der Waals surface area (Å²) in [6, 6.07) is 0.553. The molecule has 0 atom stereocenters. The first-order chi connectivity index (χ1) is 7.52. The van der Waals surface area contributed by atoms with Crippen LogP contribution in [0.4, 0.5) is 30.7 Å². The largest absolute Gasteiger partial charge is 0.573 e. The van der Waals surface area contributed by atoms with Crippen molar-refractivity contribution in [2.45, 2.75) is 12.5 Å². The normalized spacial score (nSPS) is 12.7. The van der Waals surface area contributed by atoms with Crippen molar-refractivity contribution in [2.24, 2.45) is 0 Å². The summed E-state index contributed by atoms with van der Waals surface area (Å²) >= 11 is 2.24. The van der Waals surface area contributed by atoms with Crippen molar-refractivity contribution in [2.75, 3.05) is 0 Å². The van der Waals surface area contributed by atoms with E-state index in [0.29, 0.717) is 6.07 Å². The minimum atomic E-state index is -5.28. The molecule has 0 aliphatic heterocycles. The van der Waals surface area contributed by atoms with Gasteiger partial charge in [-0.3, -0.25) is 0 Å². The van der Waals surface area contributed by atoms with Gasteiger partial charge in [0.25, 0.3) is 0 Å². The molecule has 0 unspecified atom stereocenters. The van der Waals surface area contributed by atoms with E-state index in [0.717, 1.165) is 0 Å². The van der Waals surface area contributed by atoms with Crippen LogP contribution >= 0.6 is 15.9 Å². The van der Waals surface area contributed by atoms with Gasteiger partial charge in [-0.1, -0.05) is 0 Å². The fraction of sp³-hybridized carbons (Fsp3) is 0.250. The van der Waals surface area contributed by atoms with E-state index >= 15 is 0 Å². The predicted molar refractivity (Wildman–Crippen MR) is 45.8 cm³/mol. The van der Waals surface area contributed by atoms with E-state index in [-0.39, 0.29) is 6.07 Å². The van der Waals surface area contributed by atoms with Gasteiger partial charge in [-0.25, -0.2) is 4.39 Å². The van der Waals surface area contributed by atoms with Crippen LogP contribution < -0.4 is 4.74 Å². The number of benzene rings is 1. The van der Waals surface area contributed by atoms with Gasteiger partial charge in [0, 0.05) is 0 Å². The highest BCUT2D eigenvalue weighted by Crippen LogP contribution is 2.42. The number of hydrogen-bond acceptors (Lipinski definition) is 1. The van der Waals surface area contributed by atoms with Crippen LogP contribution in [-0.2, 0) is 6.18 Å². The molecule has 0 N–H and O–H groups in total. The Bertz CT molecular complexity index is 423. The summed E-state index contributed by atoms with van der Waals surface area (Å²) in [6.45, 7) is 0. The van der Waals surface area contributed by atoms with Gasteiger partial charge in [-0.2, -0.15) is 13.2 Å². The van der Waals surface area contributed by atoms with Crippen LogP contribution in [0, 0.1) is 5.82 Å². The molecule has 1 nitrogen and oxygen atoms in total. The molecule has 0 saturated heterocycles. The van der Waals surface area contributed by atoms with Gasteiger partial charge in [0.2, 0.25) is 0 Å². The fourth-order valence-electron chi connectivity index (χ4n) is 0.961. The molecule has 96 valence electrons. The third kappa shape index (κ3) is 3.48. The first-order valence-corrected chi connectivity index (χ1v) is 4.62. The highest BCUT2D eigenvalue weighted by Gasteiger charge is 2.38. The van der Waals surface area contributed by atoms with E-state index in [2.05, 4.69) is 20.7 Å². The molecule has 9 heteroatoms. The van der Waals surface area contributed by atoms with Gasteiger partial charge >= 0.3 is 12.5 Å². The summed E-state index contributed by atoms with van der Waals surface area (Å²) in [6.07, 6.45) is -10.2. The lowest BCUT2D eigenvalue weighted by Gasteiger charge is -2.15. The van der Waals surface area contributed by atoms with Crippen molar-refractivity contribution >= 4 is 15.9 Å². The Balaban J connectivity index is 3.31. The van der Waals surface area contributed by atoms with E-state index in [9.17, 15) is 30.7 Å². The zero-order chi connectivity index (χ0) is 13.4. The van der Waals surface area contributed by atoms with Crippen LogP contribution in [0.15, 0.2) is 16.6 Å². The summed E-state index contributed by atoms with van der Waals surface area (Å²) in [4.78, 5) is 0. The second kappa shape index (κ2) is 4.35. The van der Waals surface area contributed by atoms with Crippen LogP contribution in [0.3, 0.4) is 0 Å². The van der Waals surface area contributed by atoms with Crippen molar-refractivity contribution in [1.29, 1.82) is 0 Å². The Kier molecular flexibility index (Phi) is 3.60. The Morgan fingerprint density at radius 1 is 1.00 bits per heavy atom. The lowest BCUT2D eigenvalue weighted by molar-refractivity contribution is -0.276. The average Bonchev–Trinajstić information content (AvgIpc) is 2.08. The molecule has 0 aliphatic rings. The number of halogens is 8. The van der Waals surface area contributed by atoms with Crippen molar-refractivity contribution in [3.8, 4) is 5.75 Å². The Labute approximate surface area is 98.3 Å². The minimum Gasteiger partial charge on any atom is -0.401 e. The number of alkyl halides is 6. The molecular weight excluding hydrogens is 325 g/mol. The van der Waals surface area contributed by atoms with E-state index in [1.54, 1.807) is 0 Å². The lowest BCUT2D eigenvalue weighted by Crippen LogP contribution is -2.19. The summed E-state index contributed by atoms with van der Waals surface area (Å²) in [5, 5.41) is 0. The molecule has 0 bridgehead atoms. The van der Waals surface area contributed by atoms with Crippen LogP contribution in [0.2, 0.25) is 0 Å². The molecule has 0 aromatic heterocycles. The monoisotopic (exact) mass is 326 g/mol. The van der Waals surface area contributed by atoms with Crippen LogP contribution in [-0.4, -0.2) is 6.36 Å². The standard InChI is InChI=1S/C8H2BrF7O/c9-5-3(7(11,12)13)1-2-4(10)6(5)17-8(14,15)16/h1-2H. The second-order valence-electron chi connectivity index (χ2n) is 2.78. The summed E-state index contributed by atoms with van der Waals surface area (Å²) in [7, 11) is 0. The first kappa shape index (κ1) is 14.1. The van der Waals surface area contributed by atoms with Gasteiger partial charge in [-0.15, -0.1) is 13.2 Å². The molecule has 0 amide bonds. The van der Waals surface area contributed by atoms with Gasteiger partial charge in [0.15, 0.2) is 11.6 Å². The van der Waals surface area contributed by atoms with E-state index < -0.39 is 34.1 Å². The molecule has 17 heavy (non-hydrogen) atoms. The zero-order valence-corrected chi connectivity index (χ0v) is 9.17. The van der Waals surface area contributed by atoms with Gasteiger partial charge < -0.3 is 4.74 Å². The van der Waals surface area contributed by atoms with E-state index in [1.165, 1.54) is 0 Å². The maximum Gasteiger partial charge on any atom is 0.573 e. The fourth-order valence-corrected chi connectivity index (χ4v) is 1.59. The lowest BCUT2D eigenvalue weighted by atomic mass is 10.2. The van der Waals surface area contributed by atoms with Crippen molar-refractivity contribution in [1.82, 2.24) is 0 Å². The summed E-state index contributed by atoms with van der Waals surface area (Å²) in [5.41, 5.74) is -1.46. The van der Waals surface area contributed by atoms with E-state index in [4.69, 9.17) is 0 Å². The molecule has 0 aliphatic carbocycles. The van der Waals surface area contributed by atoms with Gasteiger partial charge in [0.05, 0.1) is 10.0 Å². The molecule has 1 aromatic carbocycles. The Morgan fingerprint density at radius 3 is 1.94 bits per heavy atom. The van der Waals surface area contributed by atoms with Crippen molar-refractivity contribution < 1.29 is 35.5 Å². The third-order valence-electron chi connectivity index (χ3n) is 1.57. The topological polar surface area (TPSA) is 9.23 Å². The molecule has 1 aromatic rings. The highest BCUT2D eigenvalue weighted by atomic mass is 79.9. The van der Waals surface area contributed by atoms with Crippen LogP contribution in [0.25, 0.3) is 0 Å². The minimum absolute atomic E-state index is 0.245. The molecule has 0 saturated carbocycles. The van der Waals surface area contributed by atoms with Crippen molar-refractivity contribution in [3.63, 3.8) is 0 Å². The Hall–Kier alpha value is -0.990. The molecular formula is C8H2BrF7O. The van der Waals surface area contributed by atoms with Crippen molar-refractivity contribution in [3.05, 3.63) is 28.0 Å². The zero-order valence-electron chi connectivity index (χ0n) is 7.59. The third-order valence-corrected chi connectivity index (χ3v) is 2.36. The average molecular weight is 327 g/mol. The smallest absolute Gasteiger partial charge is 0.401 e. The SMILES string of the molecule is Fc1ccc(C(F)(F)F)c(Br)c1OC(F)(F)F. The molecule has 0 radical (unpaired) electrons. The van der Waals surface area contributed by atoms with Gasteiger partial charge in [-0.05, 0) is 28.1 Å². The van der Waals surface area contributed by atoms with Crippen LogP contribution in [0.5, 0.6) is 5.75 Å². The summed E-state index contributed by atoms with van der Waals surface area (Å²) < 4.78 is 87.4.